The van der Waals surface area contributed by atoms with Gasteiger partial charge in [0.15, 0.2) is 0 Å². The predicted molar refractivity (Wildman–Crippen MR) is 141 cm³/mol. The standard InChI is InChI=1S/C27H33N7O3/c1-4-36-26-19-8-10-23-20-14-18(7-9-22(20)29-30-23)21-15-28-32(3)27(21)37-17(2)24-6-5-11-33(24)16-25(19)34(31-26)12-13-35/h7-10,14-15,17,24,35H,4-6,11-13,16H2,1-3H3,(H,29,30)/b10-8+/t17-,24+/m0/s1. The number of ether oxygens (including phenoxy) is 2. The number of rotatable bonds is 4. The summed E-state index contributed by atoms with van der Waals surface area (Å²) in [6.07, 6.45) is 8.07. The summed E-state index contributed by atoms with van der Waals surface area (Å²) >= 11 is 0. The maximum Gasteiger partial charge on any atom is 0.240 e. The van der Waals surface area contributed by atoms with E-state index in [9.17, 15) is 5.11 Å². The zero-order valence-corrected chi connectivity index (χ0v) is 21.5. The number of nitrogens with one attached hydrogen (secondary N) is 1. The molecule has 2 aliphatic rings. The Kier molecular flexibility index (Phi) is 6.21. The van der Waals surface area contributed by atoms with Gasteiger partial charge in [0.2, 0.25) is 11.8 Å². The fraction of sp³-hybridized carbons (Fsp3) is 0.444. The predicted octanol–water partition coefficient (Wildman–Crippen LogP) is 3.47. The Balaban J connectivity index is 1.55. The molecular formula is C27H33N7O3. The molecule has 2 bridgehead atoms. The molecule has 1 saturated heterocycles. The molecule has 10 nitrogen and oxygen atoms in total. The van der Waals surface area contributed by atoms with E-state index < -0.39 is 0 Å². The van der Waals surface area contributed by atoms with Crippen molar-refractivity contribution in [2.75, 3.05) is 19.8 Å². The fourth-order valence-electron chi connectivity index (χ4n) is 5.63. The van der Waals surface area contributed by atoms with E-state index in [4.69, 9.17) is 14.6 Å². The zero-order valence-electron chi connectivity index (χ0n) is 21.5. The summed E-state index contributed by atoms with van der Waals surface area (Å²) in [6.45, 7) is 6.67. The number of aliphatic hydroxyl groups is 1. The average molecular weight is 504 g/mol. The number of aryl methyl sites for hydroxylation is 1. The number of benzene rings is 1. The second-order valence-electron chi connectivity index (χ2n) is 9.74. The molecule has 37 heavy (non-hydrogen) atoms. The second-order valence-corrected chi connectivity index (χ2v) is 9.74. The Morgan fingerprint density at radius 3 is 3.00 bits per heavy atom. The van der Waals surface area contributed by atoms with Crippen molar-refractivity contribution in [1.29, 1.82) is 0 Å². The Labute approximate surface area is 215 Å². The van der Waals surface area contributed by atoms with Crippen molar-refractivity contribution in [3.63, 3.8) is 0 Å². The third-order valence-electron chi connectivity index (χ3n) is 7.46. The molecule has 194 valence electrons. The highest BCUT2D eigenvalue weighted by molar-refractivity contribution is 5.93. The number of aromatic amines is 1. The topological polar surface area (TPSA) is 106 Å². The fourth-order valence-corrected chi connectivity index (χ4v) is 5.63. The van der Waals surface area contributed by atoms with Crippen molar-refractivity contribution in [2.45, 2.75) is 51.9 Å². The highest BCUT2D eigenvalue weighted by Crippen LogP contribution is 2.36. The van der Waals surface area contributed by atoms with Gasteiger partial charge in [0.05, 0.1) is 54.0 Å². The molecule has 0 spiro atoms. The summed E-state index contributed by atoms with van der Waals surface area (Å²) in [7, 11) is 1.92. The van der Waals surface area contributed by atoms with Crippen LogP contribution in [0.3, 0.4) is 0 Å². The van der Waals surface area contributed by atoms with Crippen LogP contribution in [-0.4, -0.2) is 71.7 Å². The maximum absolute atomic E-state index is 9.77. The van der Waals surface area contributed by atoms with Crippen molar-refractivity contribution in [2.24, 2.45) is 7.05 Å². The van der Waals surface area contributed by atoms with Crippen LogP contribution in [0.15, 0.2) is 24.4 Å². The summed E-state index contributed by atoms with van der Waals surface area (Å²) in [4.78, 5) is 2.47. The molecule has 2 N–H and O–H groups in total. The van der Waals surface area contributed by atoms with E-state index in [0.717, 1.165) is 64.2 Å². The zero-order chi connectivity index (χ0) is 25.5. The van der Waals surface area contributed by atoms with Crippen LogP contribution in [0, 0.1) is 0 Å². The van der Waals surface area contributed by atoms with E-state index in [1.165, 1.54) is 0 Å². The second kappa shape index (κ2) is 9.68. The normalized spacial score (nSPS) is 20.6. The van der Waals surface area contributed by atoms with Gasteiger partial charge in [-0.25, -0.2) is 4.68 Å². The molecule has 0 unspecified atom stereocenters. The highest BCUT2D eigenvalue weighted by atomic mass is 16.5. The smallest absolute Gasteiger partial charge is 0.240 e. The minimum Gasteiger partial charge on any atom is -0.476 e. The van der Waals surface area contributed by atoms with Crippen LogP contribution in [0.5, 0.6) is 11.8 Å². The first-order chi connectivity index (χ1) is 18.1. The Morgan fingerprint density at radius 2 is 2.16 bits per heavy atom. The monoisotopic (exact) mass is 503 g/mol. The van der Waals surface area contributed by atoms with Gasteiger partial charge in [0, 0.05) is 25.0 Å². The van der Waals surface area contributed by atoms with Crippen molar-refractivity contribution in [1.82, 2.24) is 34.7 Å². The van der Waals surface area contributed by atoms with E-state index in [1.807, 2.05) is 41.7 Å². The molecule has 5 heterocycles. The van der Waals surface area contributed by atoms with Gasteiger partial charge in [-0.3, -0.25) is 14.7 Å². The highest BCUT2D eigenvalue weighted by Gasteiger charge is 2.33. The molecule has 6 rings (SSSR count). The first kappa shape index (κ1) is 23.7. The number of aromatic nitrogens is 6. The number of hydrogen-bond acceptors (Lipinski definition) is 7. The van der Waals surface area contributed by atoms with Crippen LogP contribution in [-0.2, 0) is 20.1 Å². The minimum atomic E-state index is -0.0467. The van der Waals surface area contributed by atoms with Gasteiger partial charge in [-0.2, -0.15) is 10.2 Å². The third kappa shape index (κ3) is 4.19. The summed E-state index contributed by atoms with van der Waals surface area (Å²) in [5.74, 6) is 1.34. The number of fused-ring (bicyclic) bond motifs is 5. The lowest BCUT2D eigenvalue weighted by molar-refractivity contribution is 0.0920. The van der Waals surface area contributed by atoms with Crippen molar-refractivity contribution >= 4 is 23.1 Å². The van der Waals surface area contributed by atoms with Crippen molar-refractivity contribution in [3.05, 3.63) is 41.3 Å². The van der Waals surface area contributed by atoms with Gasteiger partial charge in [-0.15, -0.1) is 5.10 Å². The molecule has 1 fully saturated rings. The van der Waals surface area contributed by atoms with Crippen molar-refractivity contribution < 1.29 is 14.6 Å². The lowest BCUT2D eigenvalue weighted by Gasteiger charge is -2.30. The summed E-state index contributed by atoms with van der Waals surface area (Å²) in [5, 5.41) is 27.7. The number of H-pyrrole nitrogens is 1. The molecule has 1 aromatic carbocycles. The van der Waals surface area contributed by atoms with Gasteiger partial charge in [0.1, 0.15) is 6.10 Å². The van der Waals surface area contributed by atoms with E-state index in [-0.39, 0.29) is 18.8 Å². The van der Waals surface area contributed by atoms with Gasteiger partial charge in [-0.05, 0) is 63.1 Å². The molecule has 0 aliphatic carbocycles. The quantitative estimate of drug-likeness (QED) is 0.439. The summed E-state index contributed by atoms with van der Waals surface area (Å²) in [5.41, 5.74) is 5.73. The third-order valence-corrected chi connectivity index (χ3v) is 7.46. The van der Waals surface area contributed by atoms with E-state index in [0.29, 0.717) is 25.6 Å². The molecule has 2 aliphatic heterocycles. The lowest BCUT2D eigenvalue weighted by atomic mass is 10.0. The maximum atomic E-state index is 9.77. The van der Waals surface area contributed by atoms with Gasteiger partial charge >= 0.3 is 0 Å². The first-order valence-corrected chi connectivity index (χ1v) is 13.0. The molecule has 4 aromatic rings. The van der Waals surface area contributed by atoms with Crippen LogP contribution in [0.1, 0.15) is 43.6 Å². The van der Waals surface area contributed by atoms with Gasteiger partial charge in [0.25, 0.3) is 0 Å². The lowest BCUT2D eigenvalue weighted by Crippen LogP contribution is -2.41. The molecule has 10 heteroatoms. The van der Waals surface area contributed by atoms with Gasteiger partial charge in [-0.1, -0.05) is 6.07 Å². The van der Waals surface area contributed by atoms with E-state index >= 15 is 0 Å². The largest absolute Gasteiger partial charge is 0.476 e. The first-order valence-electron chi connectivity index (χ1n) is 13.0. The average Bonchev–Trinajstić information content (AvgIpc) is 3.66. The van der Waals surface area contributed by atoms with Crippen LogP contribution >= 0.6 is 0 Å². The van der Waals surface area contributed by atoms with Crippen LogP contribution < -0.4 is 9.47 Å². The Morgan fingerprint density at radius 1 is 1.27 bits per heavy atom. The molecular weight excluding hydrogens is 470 g/mol. The van der Waals surface area contributed by atoms with Gasteiger partial charge < -0.3 is 14.6 Å². The summed E-state index contributed by atoms with van der Waals surface area (Å²) < 4.78 is 16.3. The van der Waals surface area contributed by atoms with Crippen LogP contribution in [0.2, 0.25) is 0 Å². The minimum absolute atomic E-state index is 0.00354. The van der Waals surface area contributed by atoms with E-state index in [1.54, 1.807) is 0 Å². The van der Waals surface area contributed by atoms with Crippen LogP contribution in [0.4, 0.5) is 0 Å². The molecule has 0 radical (unpaired) electrons. The van der Waals surface area contributed by atoms with E-state index in [2.05, 4.69) is 45.3 Å². The molecule has 0 saturated carbocycles. The molecule has 0 amide bonds. The Hall–Kier alpha value is -3.63. The molecule has 2 atom stereocenters. The number of hydrogen-bond donors (Lipinski definition) is 2. The van der Waals surface area contributed by atoms with Crippen LogP contribution in [0.25, 0.3) is 34.2 Å². The SMILES string of the molecule is CCOc1nn(CCO)c2c1/C=C/c1[nH]nc3ccc(cc13)-c1cnn(C)c1O[C@@H](C)[C@H]1CCCN1C2. The Bertz CT molecular complexity index is 1450. The molecule has 3 aromatic heterocycles. The van der Waals surface area contributed by atoms with Crippen molar-refractivity contribution in [3.8, 4) is 22.9 Å². The summed E-state index contributed by atoms with van der Waals surface area (Å²) in [6, 6.07) is 6.45. The number of aliphatic hydroxyl groups excluding tert-OH is 1. The number of nitrogens with zero attached hydrogens (tertiary/aromatic N) is 6.